The molecule has 0 aliphatic heterocycles. The van der Waals surface area contributed by atoms with Gasteiger partial charge in [-0.2, -0.15) is 5.10 Å². The number of hydrogen-bond donors (Lipinski definition) is 2. The number of carbonyl (C=O) groups is 2. The van der Waals surface area contributed by atoms with Crippen molar-refractivity contribution < 1.29 is 9.59 Å². The van der Waals surface area contributed by atoms with Crippen molar-refractivity contribution in [1.29, 1.82) is 0 Å². The predicted octanol–water partition coefficient (Wildman–Crippen LogP) is 4.44. The molecule has 2 N–H and O–H groups in total. The lowest BCUT2D eigenvalue weighted by Gasteiger charge is -2.28. The Morgan fingerprint density at radius 1 is 0.935 bits per heavy atom. The molecule has 1 aliphatic rings. The minimum Gasteiger partial charge on any atom is -0.349 e. The van der Waals surface area contributed by atoms with Crippen LogP contribution in [0.25, 0.3) is 0 Å². The maximum absolute atomic E-state index is 12.6. The molecule has 0 radical (unpaired) electrons. The molecule has 6 nitrogen and oxygen atoms in total. The molecule has 1 aromatic heterocycles. The number of anilines is 1. The van der Waals surface area contributed by atoms with Crippen molar-refractivity contribution in [3.05, 3.63) is 83.0 Å². The second-order valence-corrected chi connectivity index (χ2v) is 8.24. The van der Waals surface area contributed by atoms with E-state index >= 15 is 0 Å². The Morgan fingerprint density at radius 2 is 1.61 bits per heavy atom. The van der Waals surface area contributed by atoms with Crippen molar-refractivity contribution in [2.24, 2.45) is 7.05 Å². The third-order valence-corrected chi connectivity index (χ3v) is 6.05. The van der Waals surface area contributed by atoms with E-state index in [1.54, 1.807) is 16.8 Å². The SMILES string of the molecule is Cc1ccccc1C(=O)NC1CCC(c2cc(NC(=O)c3ccccc3)n(C)n2)CC1. The Labute approximate surface area is 182 Å². The van der Waals surface area contributed by atoms with E-state index in [0.717, 1.165) is 42.5 Å². The normalized spacial score (nSPS) is 18.4. The second-order valence-electron chi connectivity index (χ2n) is 8.24. The van der Waals surface area contributed by atoms with E-state index in [-0.39, 0.29) is 17.9 Å². The first kappa shape index (κ1) is 20.8. The van der Waals surface area contributed by atoms with Gasteiger partial charge in [-0.25, -0.2) is 0 Å². The van der Waals surface area contributed by atoms with Crippen LogP contribution in [0.2, 0.25) is 0 Å². The first-order valence-electron chi connectivity index (χ1n) is 10.8. The van der Waals surface area contributed by atoms with Crippen LogP contribution < -0.4 is 10.6 Å². The van der Waals surface area contributed by atoms with Gasteiger partial charge in [0.25, 0.3) is 11.8 Å². The van der Waals surface area contributed by atoms with Gasteiger partial charge in [0.15, 0.2) is 0 Å². The minimum absolute atomic E-state index is 0.00490. The number of hydrogen-bond acceptors (Lipinski definition) is 3. The topological polar surface area (TPSA) is 76.0 Å². The number of aryl methyl sites for hydroxylation is 2. The highest BCUT2D eigenvalue weighted by atomic mass is 16.2. The molecule has 0 saturated heterocycles. The fourth-order valence-electron chi connectivity index (χ4n) is 4.21. The van der Waals surface area contributed by atoms with Gasteiger partial charge >= 0.3 is 0 Å². The van der Waals surface area contributed by atoms with Crippen LogP contribution in [0.15, 0.2) is 60.7 Å². The Kier molecular flexibility index (Phi) is 6.16. The Morgan fingerprint density at radius 3 is 2.32 bits per heavy atom. The second kappa shape index (κ2) is 9.16. The van der Waals surface area contributed by atoms with Crippen molar-refractivity contribution in [2.45, 2.75) is 44.6 Å². The molecular weight excluding hydrogens is 388 g/mol. The molecule has 0 unspecified atom stereocenters. The molecule has 3 aromatic rings. The molecule has 0 spiro atoms. The lowest BCUT2D eigenvalue weighted by Crippen LogP contribution is -2.37. The maximum atomic E-state index is 12.6. The molecule has 1 aliphatic carbocycles. The van der Waals surface area contributed by atoms with Crippen LogP contribution in [-0.2, 0) is 7.05 Å². The summed E-state index contributed by atoms with van der Waals surface area (Å²) in [7, 11) is 1.85. The fourth-order valence-corrected chi connectivity index (χ4v) is 4.21. The van der Waals surface area contributed by atoms with E-state index in [2.05, 4.69) is 15.7 Å². The molecule has 4 rings (SSSR count). The van der Waals surface area contributed by atoms with Crippen LogP contribution in [-0.4, -0.2) is 27.6 Å². The van der Waals surface area contributed by atoms with E-state index in [1.165, 1.54) is 0 Å². The van der Waals surface area contributed by atoms with Crippen LogP contribution in [0, 0.1) is 6.92 Å². The number of amides is 2. The Bertz CT molecular complexity index is 1070. The summed E-state index contributed by atoms with van der Waals surface area (Å²) in [4.78, 5) is 25.0. The number of nitrogens with one attached hydrogen (secondary N) is 2. The third kappa shape index (κ3) is 4.85. The molecule has 2 amide bonds. The summed E-state index contributed by atoms with van der Waals surface area (Å²) in [5.41, 5.74) is 3.35. The molecule has 0 atom stereocenters. The molecule has 2 aromatic carbocycles. The number of carbonyl (C=O) groups excluding carboxylic acids is 2. The van der Waals surface area contributed by atoms with Crippen LogP contribution in [0.1, 0.15) is 63.6 Å². The fraction of sp³-hybridized carbons (Fsp3) is 0.320. The van der Waals surface area contributed by atoms with Crippen molar-refractivity contribution in [2.75, 3.05) is 5.32 Å². The number of rotatable bonds is 5. The van der Waals surface area contributed by atoms with Gasteiger partial charge in [-0.3, -0.25) is 14.3 Å². The van der Waals surface area contributed by atoms with Gasteiger partial charge in [-0.05, 0) is 56.4 Å². The van der Waals surface area contributed by atoms with Crippen LogP contribution in [0.3, 0.4) is 0 Å². The van der Waals surface area contributed by atoms with Crippen molar-refractivity contribution in [3.63, 3.8) is 0 Å². The number of aromatic nitrogens is 2. The highest BCUT2D eigenvalue weighted by Gasteiger charge is 2.26. The zero-order valence-corrected chi connectivity index (χ0v) is 18.0. The summed E-state index contributed by atoms with van der Waals surface area (Å²) < 4.78 is 1.72. The van der Waals surface area contributed by atoms with Crippen molar-refractivity contribution in [1.82, 2.24) is 15.1 Å². The standard InChI is InChI=1S/C25H28N4O2/c1-17-8-6-7-11-21(17)25(31)26-20-14-12-18(13-15-20)22-16-23(29(2)28-22)27-24(30)19-9-4-3-5-10-19/h3-11,16,18,20H,12-15H2,1-2H3,(H,26,31)(H,27,30). The summed E-state index contributed by atoms with van der Waals surface area (Å²) >= 11 is 0. The summed E-state index contributed by atoms with van der Waals surface area (Å²) in [6.07, 6.45) is 3.76. The van der Waals surface area contributed by atoms with Gasteiger partial charge in [-0.15, -0.1) is 0 Å². The van der Waals surface area contributed by atoms with E-state index in [4.69, 9.17) is 0 Å². The van der Waals surface area contributed by atoms with Crippen molar-refractivity contribution >= 4 is 17.6 Å². The zero-order valence-electron chi connectivity index (χ0n) is 18.0. The molecule has 1 saturated carbocycles. The molecule has 160 valence electrons. The van der Waals surface area contributed by atoms with Crippen LogP contribution in [0.4, 0.5) is 5.82 Å². The smallest absolute Gasteiger partial charge is 0.256 e. The molecule has 31 heavy (non-hydrogen) atoms. The lowest BCUT2D eigenvalue weighted by atomic mass is 9.84. The summed E-state index contributed by atoms with van der Waals surface area (Å²) in [5.74, 6) is 0.891. The van der Waals surface area contributed by atoms with Crippen LogP contribution >= 0.6 is 0 Å². The van der Waals surface area contributed by atoms with Gasteiger partial charge in [0, 0.05) is 36.2 Å². The first-order chi connectivity index (χ1) is 15.0. The number of benzene rings is 2. The van der Waals surface area contributed by atoms with Crippen LogP contribution in [0.5, 0.6) is 0 Å². The van der Waals surface area contributed by atoms with Gasteiger partial charge < -0.3 is 10.6 Å². The average Bonchev–Trinajstić information content (AvgIpc) is 3.15. The first-order valence-corrected chi connectivity index (χ1v) is 10.8. The maximum Gasteiger partial charge on any atom is 0.256 e. The van der Waals surface area contributed by atoms with Gasteiger partial charge in [0.1, 0.15) is 5.82 Å². The molecular formula is C25H28N4O2. The highest BCUT2D eigenvalue weighted by Crippen LogP contribution is 2.33. The Balaban J connectivity index is 1.34. The van der Waals surface area contributed by atoms with E-state index in [0.29, 0.717) is 17.3 Å². The predicted molar refractivity (Wildman–Crippen MR) is 121 cm³/mol. The minimum atomic E-state index is -0.141. The summed E-state index contributed by atoms with van der Waals surface area (Å²) in [5, 5.41) is 10.8. The Hall–Kier alpha value is -3.41. The summed E-state index contributed by atoms with van der Waals surface area (Å²) in [6, 6.07) is 19.0. The van der Waals surface area contributed by atoms with Gasteiger partial charge in [0.2, 0.25) is 0 Å². The average molecular weight is 417 g/mol. The third-order valence-electron chi connectivity index (χ3n) is 6.05. The van der Waals surface area contributed by atoms with Crippen molar-refractivity contribution in [3.8, 4) is 0 Å². The lowest BCUT2D eigenvalue weighted by molar-refractivity contribution is 0.0924. The van der Waals surface area contributed by atoms with Gasteiger partial charge in [0.05, 0.1) is 5.69 Å². The van der Waals surface area contributed by atoms with E-state index in [9.17, 15) is 9.59 Å². The van der Waals surface area contributed by atoms with E-state index < -0.39 is 0 Å². The quantitative estimate of drug-likeness (QED) is 0.646. The summed E-state index contributed by atoms with van der Waals surface area (Å²) in [6.45, 7) is 1.96. The highest BCUT2D eigenvalue weighted by molar-refractivity contribution is 6.03. The number of nitrogens with zero attached hydrogens (tertiary/aromatic N) is 2. The van der Waals surface area contributed by atoms with E-state index in [1.807, 2.05) is 62.5 Å². The monoisotopic (exact) mass is 416 g/mol. The zero-order chi connectivity index (χ0) is 21.8. The molecule has 0 bridgehead atoms. The molecule has 1 fully saturated rings. The van der Waals surface area contributed by atoms with Gasteiger partial charge in [-0.1, -0.05) is 36.4 Å². The largest absolute Gasteiger partial charge is 0.349 e. The molecule has 1 heterocycles. The molecule has 6 heteroatoms.